The number of methoxy groups -OCH3 is 1. The minimum absolute atomic E-state index is 0.147. The Bertz CT molecular complexity index is 1080. The molecule has 1 aliphatic heterocycles. The first-order valence-electron chi connectivity index (χ1n) is 9.68. The second-order valence-electron chi connectivity index (χ2n) is 7.31. The Labute approximate surface area is 180 Å². The first kappa shape index (κ1) is 22.7. The summed E-state index contributed by atoms with van der Waals surface area (Å²) >= 11 is 0. The highest BCUT2D eigenvalue weighted by Crippen LogP contribution is 2.29. The molecule has 0 aromatic heterocycles. The summed E-state index contributed by atoms with van der Waals surface area (Å²) in [6.07, 6.45) is 2.01. The van der Waals surface area contributed by atoms with Crippen LogP contribution in [0.1, 0.15) is 23.2 Å². The molecule has 1 heterocycles. The lowest BCUT2D eigenvalue weighted by atomic mass is 9.97. The average Bonchev–Trinajstić information content (AvgIpc) is 2.73. The van der Waals surface area contributed by atoms with E-state index in [1.54, 1.807) is 18.2 Å². The second-order valence-corrected chi connectivity index (χ2v) is 9.29. The maximum absolute atomic E-state index is 13.4. The third-order valence-electron chi connectivity index (χ3n) is 5.10. The third kappa shape index (κ3) is 5.80. The summed E-state index contributed by atoms with van der Waals surface area (Å²) in [6.45, 7) is 0.600. The van der Waals surface area contributed by atoms with Gasteiger partial charge in [0.1, 0.15) is 11.6 Å². The van der Waals surface area contributed by atoms with E-state index in [1.807, 2.05) is 0 Å². The molecule has 3 rings (SSSR count). The zero-order chi connectivity index (χ0) is 22.6. The summed E-state index contributed by atoms with van der Waals surface area (Å²) in [5, 5.41) is 5.47. The molecule has 10 heteroatoms. The molecule has 8 nitrogen and oxygen atoms in total. The van der Waals surface area contributed by atoms with Crippen molar-refractivity contribution in [2.75, 3.05) is 37.1 Å². The Morgan fingerprint density at radius 3 is 2.42 bits per heavy atom. The van der Waals surface area contributed by atoms with Crippen LogP contribution in [0.3, 0.4) is 0 Å². The number of rotatable bonds is 6. The molecule has 0 bridgehead atoms. The third-order valence-corrected chi connectivity index (χ3v) is 6.40. The van der Waals surface area contributed by atoms with Gasteiger partial charge in [0.25, 0.3) is 5.91 Å². The molecule has 31 heavy (non-hydrogen) atoms. The van der Waals surface area contributed by atoms with Crippen LogP contribution in [0, 0.1) is 11.7 Å². The summed E-state index contributed by atoms with van der Waals surface area (Å²) in [5.74, 6) is -1.20. The van der Waals surface area contributed by atoms with E-state index < -0.39 is 21.7 Å². The molecular weight excluding hydrogens is 425 g/mol. The topological polar surface area (TPSA) is 105 Å². The summed E-state index contributed by atoms with van der Waals surface area (Å²) in [4.78, 5) is 25.1. The van der Waals surface area contributed by atoms with Crippen molar-refractivity contribution in [2.45, 2.75) is 12.8 Å². The largest absolute Gasteiger partial charge is 0.495 e. The van der Waals surface area contributed by atoms with Gasteiger partial charge < -0.3 is 15.4 Å². The molecule has 2 aromatic carbocycles. The first-order valence-corrected chi connectivity index (χ1v) is 11.5. The SMILES string of the molecule is COc1ccc(NC(=O)C2CCN(S(C)(=O)=O)CC2)cc1NC(=O)c1cccc(F)c1. The lowest BCUT2D eigenvalue weighted by Crippen LogP contribution is -2.40. The van der Waals surface area contributed by atoms with Crippen LogP contribution in [0.25, 0.3) is 0 Å². The maximum atomic E-state index is 13.4. The molecule has 1 fully saturated rings. The number of hydrogen-bond acceptors (Lipinski definition) is 5. The van der Waals surface area contributed by atoms with Gasteiger partial charge in [0.05, 0.1) is 19.1 Å². The van der Waals surface area contributed by atoms with Gasteiger partial charge in [0.2, 0.25) is 15.9 Å². The number of anilines is 2. The molecular formula is C21H24FN3O5S. The fraction of sp³-hybridized carbons (Fsp3) is 0.333. The summed E-state index contributed by atoms with van der Waals surface area (Å²) in [7, 11) is -1.81. The normalized spacial score (nSPS) is 15.3. The van der Waals surface area contributed by atoms with E-state index in [0.717, 1.165) is 12.3 Å². The van der Waals surface area contributed by atoms with Gasteiger partial charge in [0.15, 0.2) is 0 Å². The molecule has 0 unspecified atom stereocenters. The van der Waals surface area contributed by atoms with E-state index in [-0.39, 0.29) is 17.4 Å². The van der Waals surface area contributed by atoms with Crippen LogP contribution in [0.2, 0.25) is 0 Å². The minimum Gasteiger partial charge on any atom is -0.495 e. The van der Waals surface area contributed by atoms with Gasteiger partial charge in [-0.3, -0.25) is 9.59 Å². The van der Waals surface area contributed by atoms with Crippen LogP contribution in [0.4, 0.5) is 15.8 Å². The molecule has 0 aliphatic carbocycles. The van der Waals surface area contributed by atoms with Gasteiger partial charge >= 0.3 is 0 Å². The van der Waals surface area contributed by atoms with E-state index >= 15 is 0 Å². The van der Waals surface area contributed by atoms with Crippen LogP contribution in [-0.2, 0) is 14.8 Å². The van der Waals surface area contributed by atoms with E-state index in [2.05, 4.69) is 10.6 Å². The Morgan fingerprint density at radius 2 is 1.81 bits per heavy atom. The quantitative estimate of drug-likeness (QED) is 0.706. The van der Waals surface area contributed by atoms with Crippen molar-refractivity contribution in [2.24, 2.45) is 5.92 Å². The number of piperidine rings is 1. The maximum Gasteiger partial charge on any atom is 0.255 e. The van der Waals surface area contributed by atoms with Gasteiger partial charge in [-0.1, -0.05) is 6.07 Å². The van der Waals surface area contributed by atoms with Crippen LogP contribution in [0.15, 0.2) is 42.5 Å². The standard InChI is InChI=1S/C21H24FN3O5S/c1-30-19-7-6-17(13-18(19)24-21(27)15-4-3-5-16(22)12-15)23-20(26)14-8-10-25(11-9-14)31(2,28)29/h3-7,12-14H,8-11H2,1-2H3,(H,23,26)(H,24,27). The number of amides is 2. The lowest BCUT2D eigenvalue weighted by molar-refractivity contribution is -0.120. The number of benzene rings is 2. The van der Waals surface area contributed by atoms with Crippen LogP contribution in [0.5, 0.6) is 5.75 Å². The monoisotopic (exact) mass is 449 g/mol. The number of ether oxygens (including phenoxy) is 1. The molecule has 2 aromatic rings. The van der Waals surface area contributed by atoms with Gasteiger partial charge in [-0.25, -0.2) is 17.1 Å². The Balaban J connectivity index is 1.69. The van der Waals surface area contributed by atoms with Gasteiger partial charge in [-0.2, -0.15) is 0 Å². The van der Waals surface area contributed by atoms with Gasteiger partial charge in [-0.05, 0) is 49.2 Å². The molecule has 0 atom stereocenters. The summed E-state index contributed by atoms with van der Waals surface area (Å²) in [6, 6.07) is 10.1. The lowest BCUT2D eigenvalue weighted by Gasteiger charge is -2.29. The Hall–Kier alpha value is -2.98. The Kier molecular flexibility index (Phi) is 6.91. The van der Waals surface area contributed by atoms with E-state index in [0.29, 0.717) is 43.1 Å². The number of sulfonamides is 1. The minimum atomic E-state index is -3.26. The molecule has 0 saturated carbocycles. The molecule has 1 aliphatic rings. The smallest absolute Gasteiger partial charge is 0.255 e. The zero-order valence-corrected chi connectivity index (χ0v) is 18.0. The number of nitrogens with one attached hydrogen (secondary N) is 2. The van der Waals surface area contributed by atoms with Gasteiger partial charge in [0, 0.05) is 30.3 Å². The number of hydrogen-bond donors (Lipinski definition) is 2. The van der Waals surface area contributed by atoms with E-state index in [4.69, 9.17) is 4.74 Å². The average molecular weight is 450 g/mol. The highest BCUT2D eigenvalue weighted by atomic mass is 32.2. The summed E-state index contributed by atoms with van der Waals surface area (Å²) in [5.41, 5.74) is 0.918. The molecule has 2 amide bonds. The fourth-order valence-corrected chi connectivity index (χ4v) is 4.28. The predicted molar refractivity (Wildman–Crippen MR) is 115 cm³/mol. The van der Waals surface area contributed by atoms with Crippen molar-refractivity contribution < 1.29 is 27.1 Å². The summed E-state index contributed by atoms with van der Waals surface area (Å²) < 4.78 is 43.3. The van der Waals surface area contributed by atoms with Crippen molar-refractivity contribution in [3.8, 4) is 5.75 Å². The highest BCUT2D eigenvalue weighted by molar-refractivity contribution is 7.88. The number of nitrogens with zero attached hydrogens (tertiary/aromatic N) is 1. The zero-order valence-electron chi connectivity index (χ0n) is 17.2. The van der Waals surface area contributed by atoms with E-state index in [9.17, 15) is 22.4 Å². The molecule has 2 N–H and O–H groups in total. The van der Waals surface area contributed by atoms with Crippen molar-refractivity contribution in [1.82, 2.24) is 4.31 Å². The number of halogens is 1. The molecule has 1 saturated heterocycles. The number of carbonyl (C=O) groups excluding carboxylic acids is 2. The van der Waals surface area contributed by atoms with Crippen molar-refractivity contribution in [3.05, 3.63) is 53.8 Å². The number of carbonyl (C=O) groups is 2. The van der Waals surface area contributed by atoms with E-state index in [1.165, 1.54) is 29.6 Å². The van der Waals surface area contributed by atoms with Gasteiger partial charge in [-0.15, -0.1) is 0 Å². The van der Waals surface area contributed by atoms with Crippen molar-refractivity contribution in [3.63, 3.8) is 0 Å². The fourth-order valence-electron chi connectivity index (χ4n) is 3.40. The predicted octanol–water partition coefficient (Wildman–Crippen LogP) is 2.70. The second kappa shape index (κ2) is 9.44. The van der Waals surface area contributed by atoms with Crippen molar-refractivity contribution >= 4 is 33.2 Å². The Morgan fingerprint density at radius 1 is 1.10 bits per heavy atom. The van der Waals surface area contributed by atoms with Crippen LogP contribution >= 0.6 is 0 Å². The molecule has 0 radical (unpaired) electrons. The van der Waals surface area contributed by atoms with Crippen molar-refractivity contribution in [1.29, 1.82) is 0 Å². The highest BCUT2D eigenvalue weighted by Gasteiger charge is 2.29. The van der Waals surface area contributed by atoms with Crippen LogP contribution in [-0.4, -0.2) is 51.0 Å². The molecule has 0 spiro atoms. The molecule has 166 valence electrons. The van der Waals surface area contributed by atoms with Crippen LogP contribution < -0.4 is 15.4 Å². The first-order chi connectivity index (χ1) is 14.7.